The summed E-state index contributed by atoms with van der Waals surface area (Å²) in [4.78, 5) is 11.7. The van der Waals surface area contributed by atoms with E-state index in [1.165, 1.54) is 18.3 Å². The molecule has 0 saturated heterocycles. The molecule has 1 atom stereocenters. The van der Waals surface area contributed by atoms with Crippen LogP contribution >= 0.6 is 11.8 Å². The highest BCUT2D eigenvalue weighted by Crippen LogP contribution is 2.20. The predicted molar refractivity (Wildman–Crippen MR) is 68.9 cm³/mol. The van der Waals surface area contributed by atoms with E-state index in [1.54, 1.807) is 6.92 Å². The maximum Gasteiger partial charge on any atom is 0.312 e. The first kappa shape index (κ1) is 17.6. The Bertz CT molecular complexity index is 382. The second kappa shape index (κ2) is 6.70. The molecule has 0 aliphatic heterocycles. The Hall–Kier alpha value is -0.370. The minimum Gasteiger partial charge on any atom is -0.464 e. The molecule has 0 saturated carbocycles. The van der Waals surface area contributed by atoms with Crippen LogP contribution in [0.3, 0.4) is 0 Å². The van der Waals surface area contributed by atoms with Crippen LogP contribution in [0, 0.1) is 5.41 Å². The molecule has 0 heterocycles. The van der Waals surface area contributed by atoms with Gasteiger partial charge in [-0.25, -0.2) is 4.42 Å². The normalized spacial score (nSPS) is 14.6. The summed E-state index contributed by atoms with van der Waals surface area (Å²) in [6.07, 6.45) is 0. The Kier molecular flexibility index (Phi) is 6.56. The van der Waals surface area contributed by atoms with Gasteiger partial charge in [0.15, 0.2) is 0 Å². The molecule has 1 N–H and O–H groups in total. The van der Waals surface area contributed by atoms with E-state index in [9.17, 15) is 13.2 Å². The summed E-state index contributed by atoms with van der Waals surface area (Å²) in [6.45, 7) is 7.07. The number of rotatable bonds is 7. The Morgan fingerprint density at radius 2 is 2.00 bits per heavy atom. The van der Waals surface area contributed by atoms with Crippen LogP contribution in [0.25, 0.3) is 0 Å². The predicted octanol–water partition coefficient (Wildman–Crippen LogP) is 1.31. The average molecular weight is 302 g/mol. The third kappa shape index (κ3) is 6.53. The fourth-order valence-corrected chi connectivity index (χ4v) is 2.39. The van der Waals surface area contributed by atoms with E-state index >= 15 is 0 Å². The van der Waals surface area contributed by atoms with Gasteiger partial charge in [-0.15, -0.1) is 0 Å². The maximum absolute atomic E-state index is 11.7. The average Bonchev–Trinajstić information content (AvgIpc) is 2.20. The van der Waals surface area contributed by atoms with Crippen molar-refractivity contribution in [3.05, 3.63) is 0 Å². The molecule has 0 amide bonds. The molecule has 1 unspecified atom stereocenters. The molecule has 0 rings (SSSR count). The van der Waals surface area contributed by atoms with Crippen molar-refractivity contribution in [1.82, 2.24) is 4.42 Å². The summed E-state index contributed by atoms with van der Waals surface area (Å²) in [5.74, 6) is -1.36. The van der Waals surface area contributed by atoms with Crippen molar-refractivity contribution < 1.29 is 22.5 Å². The van der Waals surface area contributed by atoms with Crippen LogP contribution < -0.4 is 0 Å². The van der Waals surface area contributed by atoms with Gasteiger partial charge in [0.25, 0.3) is 10.1 Å². The number of nitrogens with zero attached hydrogens (tertiary/aromatic N) is 1. The molecular weight excluding hydrogens is 282 g/mol. The Labute approximate surface area is 113 Å². The SMILES string of the molecule is CCN(Cl)C(C)COC(=O)C(C)(C)CS(=O)(=O)O. The lowest BCUT2D eigenvalue weighted by Crippen LogP contribution is -2.37. The molecule has 18 heavy (non-hydrogen) atoms. The topological polar surface area (TPSA) is 83.9 Å². The zero-order valence-electron chi connectivity index (χ0n) is 11.0. The monoisotopic (exact) mass is 301 g/mol. The molecule has 0 aromatic heterocycles. The van der Waals surface area contributed by atoms with Crippen molar-refractivity contribution in [2.45, 2.75) is 33.7 Å². The third-order valence-electron chi connectivity index (χ3n) is 2.33. The summed E-state index contributed by atoms with van der Waals surface area (Å²) in [6, 6.07) is -0.179. The summed E-state index contributed by atoms with van der Waals surface area (Å²) in [5, 5.41) is 0. The van der Waals surface area contributed by atoms with Gasteiger partial charge in [-0.05, 0) is 32.5 Å². The minimum atomic E-state index is -4.22. The van der Waals surface area contributed by atoms with Gasteiger partial charge < -0.3 is 4.74 Å². The van der Waals surface area contributed by atoms with Gasteiger partial charge in [0.05, 0.1) is 17.2 Å². The van der Waals surface area contributed by atoms with Gasteiger partial charge in [0, 0.05) is 6.54 Å². The van der Waals surface area contributed by atoms with E-state index in [2.05, 4.69) is 0 Å². The Balaban J connectivity index is 4.41. The molecule has 0 bridgehead atoms. The second-order valence-electron chi connectivity index (χ2n) is 4.77. The lowest BCUT2D eigenvalue weighted by molar-refractivity contribution is -0.153. The van der Waals surface area contributed by atoms with E-state index in [0.29, 0.717) is 6.54 Å². The molecule has 108 valence electrons. The molecule has 0 aliphatic carbocycles. The van der Waals surface area contributed by atoms with Crippen molar-refractivity contribution in [2.75, 3.05) is 18.9 Å². The Morgan fingerprint density at radius 3 is 2.39 bits per heavy atom. The van der Waals surface area contributed by atoms with Crippen LogP contribution in [-0.4, -0.2) is 48.3 Å². The van der Waals surface area contributed by atoms with Crippen LogP contribution in [0.5, 0.6) is 0 Å². The first-order valence-corrected chi connectivity index (χ1v) is 7.49. The fourth-order valence-electron chi connectivity index (χ4n) is 1.30. The van der Waals surface area contributed by atoms with E-state index in [0.717, 1.165) is 0 Å². The van der Waals surface area contributed by atoms with E-state index in [-0.39, 0.29) is 12.6 Å². The molecule has 0 aliphatic rings. The number of halogens is 1. The molecule has 0 radical (unpaired) electrons. The van der Waals surface area contributed by atoms with Crippen LogP contribution in [0.1, 0.15) is 27.7 Å². The number of hydrogen-bond acceptors (Lipinski definition) is 5. The van der Waals surface area contributed by atoms with Crippen molar-refractivity contribution in [2.24, 2.45) is 5.41 Å². The molecule has 0 fully saturated rings. The quantitative estimate of drug-likeness (QED) is 0.433. The van der Waals surface area contributed by atoms with E-state index in [4.69, 9.17) is 21.1 Å². The standard InChI is InChI=1S/C10H20ClNO5S/c1-5-12(11)8(2)6-17-9(13)10(3,4)7-18(14,15)16/h8H,5-7H2,1-4H3,(H,14,15,16). The summed E-state index contributed by atoms with van der Waals surface area (Å²) < 4.78 is 36.7. The molecule has 8 heteroatoms. The lowest BCUT2D eigenvalue weighted by atomic mass is 9.97. The van der Waals surface area contributed by atoms with Gasteiger partial charge in [0.2, 0.25) is 0 Å². The lowest BCUT2D eigenvalue weighted by Gasteiger charge is -2.24. The van der Waals surface area contributed by atoms with Gasteiger partial charge >= 0.3 is 5.97 Å². The molecule has 6 nitrogen and oxygen atoms in total. The van der Waals surface area contributed by atoms with Gasteiger partial charge in [-0.3, -0.25) is 9.35 Å². The molecular formula is C10H20ClNO5S. The third-order valence-corrected chi connectivity index (χ3v) is 3.99. The number of carbonyl (C=O) groups excluding carboxylic acids is 1. The molecule has 0 aromatic rings. The molecule has 0 aromatic carbocycles. The van der Waals surface area contributed by atoms with Crippen molar-refractivity contribution in [3.63, 3.8) is 0 Å². The second-order valence-corrected chi connectivity index (χ2v) is 6.66. The van der Waals surface area contributed by atoms with Crippen LogP contribution in [-0.2, 0) is 19.6 Å². The van der Waals surface area contributed by atoms with Gasteiger partial charge in [-0.2, -0.15) is 8.42 Å². The first-order valence-electron chi connectivity index (χ1n) is 5.54. The minimum absolute atomic E-state index is 0.0606. The van der Waals surface area contributed by atoms with Crippen LogP contribution in [0.2, 0.25) is 0 Å². The van der Waals surface area contributed by atoms with Crippen LogP contribution in [0.4, 0.5) is 0 Å². The van der Waals surface area contributed by atoms with Crippen LogP contribution in [0.15, 0.2) is 0 Å². The summed E-state index contributed by atoms with van der Waals surface area (Å²) in [5.41, 5.74) is -1.29. The fraction of sp³-hybridized carbons (Fsp3) is 0.900. The number of carbonyl (C=O) groups is 1. The highest BCUT2D eigenvalue weighted by Gasteiger charge is 2.34. The summed E-state index contributed by atoms with van der Waals surface area (Å²) >= 11 is 5.83. The number of likely N-dealkylation sites (N-methyl/N-ethyl adjacent to an activating group) is 1. The number of hydrogen-bond donors (Lipinski definition) is 1. The summed E-state index contributed by atoms with van der Waals surface area (Å²) in [7, 11) is -4.22. The molecule has 0 spiro atoms. The highest BCUT2D eigenvalue weighted by molar-refractivity contribution is 7.85. The largest absolute Gasteiger partial charge is 0.464 e. The zero-order valence-corrected chi connectivity index (χ0v) is 12.6. The van der Waals surface area contributed by atoms with Crippen molar-refractivity contribution in [1.29, 1.82) is 0 Å². The van der Waals surface area contributed by atoms with Gasteiger partial charge in [0.1, 0.15) is 6.61 Å². The number of esters is 1. The zero-order chi connectivity index (χ0) is 14.6. The van der Waals surface area contributed by atoms with Crippen molar-refractivity contribution in [3.8, 4) is 0 Å². The first-order chi connectivity index (χ1) is 7.99. The van der Waals surface area contributed by atoms with E-state index in [1.807, 2.05) is 6.92 Å². The van der Waals surface area contributed by atoms with Crippen molar-refractivity contribution >= 4 is 27.9 Å². The Morgan fingerprint density at radius 1 is 1.50 bits per heavy atom. The maximum atomic E-state index is 11.7. The van der Waals surface area contributed by atoms with E-state index < -0.39 is 27.3 Å². The highest BCUT2D eigenvalue weighted by atomic mass is 35.5. The van der Waals surface area contributed by atoms with Gasteiger partial charge in [-0.1, -0.05) is 6.92 Å². The smallest absolute Gasteiger partial charge is 0.312 e. The number of ether oxygens (including phenoxy) is 1.